The Kier molecular flexibility index (Phi) is 3.19. The SMILES string of the molecule is Nc1cc(NC2CCN(C3CC3)C2)nc(C(F)(F)F)n1. The van der Waals surface area contributed by atoms with Crippen LogP contribution in [0, 0.1) is 0 Å². The van der Waals surface area contributed by atoms with Crippen LogP contribution in [0.25, 0.3) is 0 Å². The van der Waals surface area contributed by atoms with Gasteiger partial charge in [0, 0.05) is 31.2 Å². The monoisotopic (exact) mass is 287 g/mol. The van der Waals surface area contributed by atoms with Crippen molar-refractivity contribution in [2.24, 2.45) is 0 Å². The van der Waals surface area contributed by atoms with Gasteiger partial charge in [0.15, 0.2) is 0 Å². The maximum Gasteiger partial charge on any atom is 0.451 e. The van der Waals surface area contributed by atoms with Crippen LogP contribution in [0.4, 0.5) is 24.8 Å². The van der Waals surface area contributed by atoms with Gasteiger partial charge in [-0.05, 0) is 19.3 Å². The van der Waals surface area contributed by atoms with E-state index >= 15 is 0 Å². The van der Waals surface area contributed by atoms with E-state index in [-0.39, 0.29) is 17.7 Å². The molecule has 20 heavy (non-hydrogen) atoms. The van der Waals surface area contributed by atoms with Crippen LogP contribution in [-0.2, 0) is 6.18 Å². The number of aromatic nitrogens is 2. The molecular weight excluding hydrogens is 271 g/mol. The van der Waals surface area contributed by atoms with E-state index in [9.17, 15) is 13.2 Å². The van der Waals surface area contributed by atoms with Crippen LogP contribution < -0.4 is 11.1 Å². The summed E-state index contributed by atoms with van der Waals surface area (Å²) in [6, 6.07) is 2.13. The maximum absolute atomic E-state index is 12.6. The van der Waals surface area contributed by atoms with E-state index in [1.54, 1.807) is 0 Å². The molecule has 0 spiro atoms. The number of hydrogen-bond acceptors (Lipinski definition) is 5. The summed E-state index contributed by atoms with van der Waals surface area (Å²) in [7, 11) is 0. The molecule has 0 amide bonds. The van der Waals surface area contributed by atoms with Crippen molar-refractivity contribution in [3.05, 3.63) is 11.9 Å². The van der Waals surface area contributed by atoms with Gasteiger partial charge in [-0.25, -0.2) is 9.97 Å². The topological polar surface area (TPSA) is 67.1 Å². The Morgan fingerprint density at radius 2 is 2.00 bits per heavy atom. The van der Waals surface area contributed by atoms with Crippen molar-refractivity contribution < 1.29 is 13.2 Å². The van der Waals surface area contributed by atoms with Crippen LogP contribution >= 0.6 is 0 Å². The maximum atomic E-state index is 12.6. The number of rotatable bonds is 3. The molecule has 1 unspecified atom stereocenters. The van der Waals surface area contributed by atoms with Gasteiger partial charge in [-0.1, -0.05) is 0 Å². The van der Waals surface area contributed by atoms with E-state index in [0.717, 1.165) is 19.5 Å². The van der Waals surface area contributed by atoms with Gasteiger partial charge < -0.3 is 11.1 Å². The molecular formula is C12H16F3N5. The molecule has 2 fully saturated rings. The Labute approximate surface area is 114 Å². The number of nitrogens with zero attached hydrogens (tertiary/aromatic N) is 3. The Morgan fingerprint density at radius 3 is 2.65 bits per heavy atom. The minimum Gasteiger partial charge on any atom is -0.384 e. The minimum atomic E-state index is -4.58. The highest BCUT2D eigenvalue weighted by Gasteiger charge is 2.36. The van der Waals surface area contributed by atoms with E-state index in [1.807, 2.05) is 0 Å². The summed E-state index contributed by atoms with van der Waals surface area (Å²) in [4.78, 5) is 9.10. The lowest BCUT2D eigenvalue weighted by molar-refractivity contribution is -0.144. The number of nitrogens with two attached hydrogens (primary N) is 1. The second-order valence-electron chi connectivity index (χ2n) is 5.36. The fourth-order valence-corrected chi connectivity index (χ4v) is 2.55. The summed E-state index contributed by atoms with van der Waals surface area (Å²) in [5, 5.41) is 3.03. The number of anilines is 2. The molecule has 1 atom stereocenters. The van der Waals surface area contributed by atoms with Crippen molar-refractivity contribution in [1.82, 2.24) is 14.9 Å². The number of hydrogen-bond donors (Lipinski definition) is 2. The number of likely N-dealkylation sites (tertiary alicyclic amines) is 1. The smallest absolute Gasteiger partial charge is 0.384 e. The zero-order valence-electron chi connectivity index (χ0n) is 10.8. The van der Waals surface area contributed by atoms with Crippen LogP contribution in [0.1, 0.15) is 25.1 Å². The van der Waals surface area contributed by atoms with Crippen molar-refractivity contribution in [3.63, 3.8) is 0 Å². The lowest BCUT2D eigenvalue weighted by atomic mass is 10.2. The molecule has 1 aromatic rings. The molecule has 0 bridgehead atoms. The lowest BCUT2D eigenvalue weighted by Gasteiger charge is -2.17. The molecule has 3 rings (SSSR count). The summed E-state index contributed by atoms with van der Waals surface area (Å²) >= 11 is 0. The first-order chi connectivity index (χ1) is 9.41. The van der Waals surface area contributed by atoms with Gasteiger partial charge in [-0.2, -0.15) is 13.2 Å². The fourth-order valence-electron chi connectivity index (χ4n) is 2.55. The molecule has 2 heterocycles. The third-order valence-electron chi connectivity index (χ3n) is 3.63. The van der Waals surface area contributed by atoms with Crippen LogP contribution in [-0.4, -0.2) is 40.0 Å². The van der Waals surface area contributed by atoms with E-state index in [4.69, 9.17) is 5.73 Å². The predicted molar refractivity (Wildman–Crippen MR) is 68.1 cm³/mol. The average Bonchev–Trinajstić information content (AvgIpc) is 3.09. The molecule has 1 aliphatic heterocycles. The molecule has 0 aromatic carbocycles. The average molecular weight is 287 g/mol. The highest BCUT2D eigenvalue weighted by molar-refractivity contribution is 5.45. The lowest BCUT2D eigenvalue weighted by Crippen LogP contribution is -2.28. The zero-order chi connectivity index (χ0) is 14.3. The van der Waals surface area contributed by atoms with Crippen molar-refractivity contribution in [2.45, 2.75) is 37.5 Å². The Bertz CT molecular complexity index is 500. The highest BCUT2D eigenvalue weighted by atomic mass is 19.4. The van der Waals surface area contributed by atoms with Gasteiger partial charge in [0.2, 0.25) is 5.82 Å². The normalized spacial score (nSPS) is 24.1. The second kappa shape index (κ2) is 4.76. The van der Waals surface area contributed by atoms with E-state index < -0.39 is 12.0 Å². The van der Waals surface area contributed by atoms with Gasteiger partial charge >= 0.3 is 6.18 Å². The zero-order valence-corrected chi connectivity index (χ0v) is 10.8. The third-order valence-corrected chi connectivity index (χ3v) is 3.63. The van der Waals surface area contributed by atoms with Crippen molar-refractivity contribution in [2.75, 3.05) is 24.1 Å². The Hall–Kier alpha value is -1.57. The summed E-state index contributed by atoms with van der Waals surface area (Å²) in [6.45, 7) is 1.82. The van der Waals surface area contributed by atoms with Crippen LogP contribution in [0.2, 0.25) is 0 Å². The van der Waals surface area contributed by atoms with Gasteiger partial charge in [0.05, 0.1) is 0 Å². The first-order valence-corrected chi connectivity index (χ1v) is 6.64. The number of nitrogen functional groups attached to an aromatic ring is 1. The predicted octanol–water partition coefficient (Wildman–Crippen LogP) is 1.73. The van der Waals surface area contributed by atoms with Gasteiger partial charge in [0.25, 0.3) is 0 Å². The van der Waals surface area contributed by atoms with E-state index in [1.165, 1.54) is 18.9 Å². The first kappa shape index (κ1) is 13.4. The van der Waals surface area contributed by atoms with Gasteiger partial charge in [-0.15, -0.1) is 0 Å². The highest BCUT2D eigenvalue weighted by Crippen LogP contribution is 2.31. The molecule has 3 N–H and O–H groups in total. The molecule has 110 valence electrons. The molecule has 1 aromatic heterocycles. The van der Waals surface area contributed by atoms with Gasteiger partial charge in [-0.3, -0.25) is 4.90 Å². The van der Waals surface area contributed by atoms with E-state index in [2.05, 4.69) is 20.2 Å². The molecule has 1 saturated carbocycles. The number of halogens is 3. The summed E-state index contributed by atoms with van der Waals surface area (Å²) in [6.07, 6.45) is -1.22. The fraction of sp³-hybridized carbons (Fsp3) is 0.667. The van der Waals surface area contributed by atoms with Gasteiger partial charge in [0.1, 0.15) is 11.6 Å². The number of alkyl halides is 3. The second-order valence-corrected chi connectivity index (χ2v) is 5.36. The summed E-state index contributed by atoms with van der Waals surface area (Å²) in [5.74, 6) is -1.23. The molecule has 5 nitrogen and oxygen atoms in total. The molecule has 1 saturated heterocycles. The summed E-state index contributed by atoms with van der Waals surface area (Å²) < 4.78 is 37.9. The Morgan fingerprint density at radius 1 is 1.25 bits per heavy atom. The van der Waals surface area contributed by atoms with Crippen molar-refractivity contribution in [3.8, 4) is 0 Å². The van der Waals surface area contributed by atoms with Crippen molar-refractivity contribution in [1.29, 1.82) is 0 Å². The quantitative estimate of drug-likeness (QED) is 0.886. The van der Waals surface area contributed by atoms with Crippen LogP contribution in [0.5, 0.6) is 0 Å². The van der Waals surface area contributed by atoms with Crippen molar-refractivity contribution >= 4 is 11.6 Å². The molecule has 0 radical (unpaired) electrons. The first-order valence-electron chi connectivity index (χ1n) is 6.64. The molecule has 8 heteroatoms. The number of nitrogens with one attached hydrogen (secondary N) is 1. The largest absolute Gasteiger partial charge is 0.451 e. The standard InChI is InChI=1S/C12H16F3N5/c13-12(14,15)11-18-9(16)5-10(19-11)17-7-3-4-20(6-7)8-1-2-8/h5,7-8H,1-4,6H2,(H3,16,17,18,19). The van der Waals surface area contributed by atoms with Crippen LogP contribution in [0.15, 0.2) is 6.07 Å². The van der Waals surface area contributed by atoms with E-state index in [0.29, 0.717) is 6.04 Å². The molecule has 2 aliphatic rings. The third kappa shape index (κ3) is 2.95. The minimum absolute atomic E-state index is 0.117. The summed E-state index contributed by atoms with van der Waals surface area (Å²) in [5.41, 5.74) is 5.41. The Balaban J connectivity index is 1.69. The molecule has 1 aliphatic carbocycles. The van der Waals surface area contributed by atoms with Crippen LogP contribution in [0.3, 0.4) is 0 Å².